The van der Waals surface area contributed by atoms with Crippen LogP contribution < -0.4 is 4.74 Å². The monoisotopic (exact) mass is 340 g/mol. The molecule has 0 fully saturated rings. The molecule has 0 saturated carbocycles. The Hall–Kier alpha value is -2.20. The highest BCUT2D eigenvalue weighted by Gasteiger charge is 2.15. The van der Waals surface area contributed by atoms with E-state index < -0.39 is 0 Å². The van der Waals surface area contributed by atoms with Crippen LogP contribution in [0.15, 0.2) is 52.9 Å². The molecule has 1 heterocycles. The number of hydrogen-bond acceptors (Lipinski definition) is 4. The third-order valence-electron chi connectivity index (χ3n) is 3.91. The fourth-order valence-electron chi connectivity index (χ4n) is 2.71. The summed E-state index contributed by atoms with van der Waals surface area (Å²) in [5.41, 5.74) is 4.06. The van der Waals surface area contributed by atoms with Crippen LogP contribution in [0, 0.1) is 0 Å². The molecule has 0 aliphatic carbocycles. The van der Waals surface area contributed by atoms with Gasteiger partial charge in [0, 0.05) is 16.2 Å². The predicted molar refractivity (Wildman–Crippen MR) is 98.4 cm³/mol. The van der Waals surface area contributed by atoms with Crippen molar-refractivity contribution in [1.82, 2.24) is 0 Å². The number of thioether (sulfide) groups is 1. The lowest BCUT2D eigenvalue weighted by molar-refractivity contribution is -0.136. The van der Waals surface area contributed by atoms with Gasteiger partial charge in [-0.25, -0.2) is 4.79 Å². The smallest absolute Gasteiger partial charge is 0.333 e. The van der Waals surface area contributed by atoms with E-state index in [9.17, 15) is 4.79 Å². The fourth-order valence-corrected chi connectivity index (χ4v) is 3.70. The van der Waals surface area contributed by atoms with Crippen molar-refractivity contribution >= 4 is 23.8 Å². The summed E-state index contributed by atoms with van der Waals surface area (Å²) in [5, 5.41) is 0. The number of fused-ring (bicyclic) bond motifs is 1. The number of rotatable bonds is 4. The lowest BCUT2D eigenvalue weighted by Gasteiger charge is -2.09. The molecular weight excluding hydrogens is 320 g/mol. The maximum Gasteiger partial charge on any atom is 0.333 e. The minimum Gasteiger partial charge on any atom is -0.494 e. The van der Waals surface area contributed by atoms with Crippen LogP contribution in [0.1, 0.15) is 18.9 Å². The van der Waals surface area contributed by atoms with Gasteiger partial charge in [-0.1, -0.05) is 18.2 Å². The molecule has 0 unspecified atom stereocenters. The average molecular weight is 340 g/mol. The molecule has 3 rings (SSSR count). The zero-order valence-corrected chi connectivity index (χ0v) is 14.7. The second kappa shape index (κ2) is 7.58. The Bertz CT molecular complexity index is 763. The van der Waals surface area contributed by atoms with Crippen molar-refractivity contribution < 1.29 is 14.3 Å². The summed E-state index contributed by atoms with van der Waals surface area (Å²) in [6.45, 7) is 2.64. The van der Waals surface area contributed by atoms with Crippen LogP contribution in [-0.4, -0.2) is 25.4 Å². The van der Waals surface area contributed by atoms with Crippen molar-refractivity contribution in [3.63, 3.8) is 0 Å². The predicted octanol–water partition coefficient (Wildman–Crippen LogP) is 4.80. The number of ether oxygens (including phenoxy) is 2. The van der Waals surface area contributed by atoms with E-state index in [1.54, 1.807) is 11.8 Å². The molecule has 124 valence electrons. The maximum absolute atomic E-state index is 11.9. The summed E-state index contributed by atoms with van der Waals surface area (Å²) in [5.74, 6) is 1.52. The number of carbonyl (C=O) groups excluding carboxylic acids is 1. The van der Waals surface area contributed by atoms with E-state index in [1.807, 2.05) is 25.1 Å². The van der Waals surface area contributed by atoms with E-state index in [1.165, 1.54) is 12.0 Å². The summed E-state index contributed by atoms with van der Waals surface area (Å²) >= 11 is 1.77. The van der Waals surface area contributed by atoms with E-state index in [2.05, 4.69) is 30.3 Å². The number of esters is 1. The van der Waals surface area contributed by atoms with Crippen LogP contribution in [0.2, 0.25) is 0 Å². The first-order valence-electron chi connectivity index (χ1n) is 8.00. The van der Waals surface area contributed by atoms with Gasteiger partial charge in [0.1, 0.15) is 5.75 Å². The molecule has 4 heteroatoms. The zero-order chi connectivity index (χ0) is 16.9. The maximum atomic E-state index is 11.9. The highest BCUT2D eigenvalue weighted by molar-refractivity contribution is 7.99. The van der Waals surface area contributed by atoms with Gasteiger partial charge < -0.3 is 9.47 Å². The standard InChI is InChI=1S/C20H20O3S/c1-3-23-18-7-4-14(5-8-18)15-6-9-19-17(12-15)13-16(10-11-24-19)20(21)22-2/h4-9,12-13H,3,10-11H2,1-2H3. The highest BCUT2D eigenvalue weighted by Crippen LogP contribution is 2.34. The minimum atomic E-state index is -0.241. The van der Waals surface area contributed by atoms with E-state index >= 15 is 0 Å². The Kier molecular flexibility index (Phi) is 5.26. The SMILES string of the molecule is CCOc1ccc(-c2ccc3c(c2)C=C(C(=O)OC)CCS3)cc1. The summed E-state index contributed by atoms with van der Waals surface area (Å²) in [7, 11) is 1.43. The molecule has 0 spiro atoms. The van der Waals surface area contributed by atoms with Gasteiger partial charge in [0.15, 0.2) is 0 Å². The number of hydrogen-bond donors (Lipinski definition) is 0. The largest absolute Gasteiger partial charge is 0.494 e. The van der Waals surface area contributed by atoms with Crippen LogP contribution in [0.3, 0.4) is 0 Å². The Balaban J connectivity index is 1.95. The Morgan fingerprint density at radius 3 is 2.58 bits per heavy atom. The summed E-state index contributed by atoms with van der Waals surface area (Å²) in [6, 6.07) is 14.5. The van der Waals surface area contributed by atoms with Gasteiger partial charge in [-0.15, -0.1) is 11.8 Å². The van der Waals surface area contributed by atoms with Crippen LogP contribution in [0.4, 0.5) is 0 Å². The lowest BCUT2D eigenvalue weighted by atomic mass is 10.0. The van der Waals surface area contributed by atoms with Gasteiger partial charge in [0.2, 0.25) is 0 Å². The molecule has 2 aromatic carbocycles. The van der Waals surface area contributed by atoms with E-state index in [0.29, 0.717) is 6.61 Å². The highest BCUT2D eigenvalue weighted by atomic mass is 32.2. The molecule has 0 atom stereocenters. The Morgan fingerprint density at radius 1 is 1.12 bits per heavy atom. The first kappa shape index (κ1) is 16.7. The number of carbonyl (C=O) groups is 1. The fraction of sp³-hybridized carbons (Fsp3) is 0.250. The summed E-state index contributed by atoms with van der Waals surface area (Å²) in [4.78, 5) is 13.1. The molecule has 3 nitrogen and oxygen atoms in total. The van der Waals surface area contributed by atoms with Crippen LogP contribution in [-0.2, 0) is 9.53 Å². The minimum absolute atomic E-state index is 0.241. The number of methoxy groups -OCH3 is 1. The second-order valence-corrected chi connectivity index (χ2v) is 6.61. The second-order valence-electron chi connectivity index (χ2n) is 5.47. The summed E-state index contributed by atoms with van der Waals surface area (Å²) in [6.07, 6.45) is 2.68. The quantitative estimate of drug-likeness (QED) is 0.749. The molecule has 2 aromatic rings. The summed E-state index contributed by atoms with van der Waals surface area (Å²) < 4.78 is 10.4. The molecule has 1 aliphatic rings. The van der Waals surface area contributed by atoms with Crippen molar-refractivity contribution in [2.24, 2.45) is 0 Å². The third-order valence-corrected chi connectivity index (χ3v) is 5.01. The molecule has 0 aromatic heterocycles. The van der Waals surface area contributed by atoms with Crippen LogP contribution >= 0.6 is 11.8 Å². The van der Waals surface area contributed by atoms with Gasteiger partial charge >= 0.3 is 5.97 Å². The van der Waals surface area contributed by atoms with Crippen molar-refractivity contribution in [3.8, 4) is 16.9 Å². The molecule has 0 saturated heterocycles. The average Bonchev–Trinajstić information content (AvgIpc) is 2.83. The molecule has 0 radical (unpaired) electrons. The Morgan fingerprint density at radius 2 is 1.88 bits per heavy atom. The van der Waals surface area contributed by atoms with Crippen molar-refractivity contribution in [1.29, 1.82) is 0 Å². The third kappa shape index (κ3) is 3.65. The van der Waals surface area contributed by atoms with Crippen LogP contribution in [0.25, 0.3) is 17.2 Å². The van der Waals surface area contributed by atoms with Gasteiger partial charge in [-0.2, -0.15) is 0 Å². The van der Waals surface area contributed by atoms with E-state index in [4.69, 9.17) is 9.47 Å². The number of benzene rings is 2. The van der Waals surface area contributed by atoms with Gasteiger partial charge in [0.05, 0.1) is 13.7 Å². The molecule has 0 amide bonds. The molecule has 24 heavy (non-hydrogen) atoms. The van der Waals surface area contributed by atoms with Gasteiger partial charge in [-0.05, 0) is 60.4 Å². The first-order valence-corrected chi connectivity index (χ1v) is 8.99. The molecular formula is C20H20O3S. The van der Waals surface area contributed by atoms with Gasteiger partial charge in [0.25, 0.3) is 0 Å². The zero-order valence-electron chi connectivity index (χ0n) is 13.9. The normalized spacial score (nSPS) is 13.5. The lowest BCUT2D eigenvalue weighted by Crippen LogP contribution is -2.04. The molecule has 1 aliphatic heterocycles. The molecule has 0 N–H and O–H groups in total. The Labute approximate surface area is 146 Å². The topological polar surface area (TPSA) is 35.5 Å². The van der Waals surface area contributed by atoms with E-state index in [-0.39, 0.29) is 5.97 Å². The van der Waals surface area contributed by atoms with Crippen LogP contribution in [0.5, 0.6) is 5.75 Å². The van der Waals surface area contributed by atoms with E-state index in [0.717, 1.165) is 40.2 Å². The van der Waals surface area contributed by atoms with Crippen molar-refractivity contribution in [2.75, 3.05) is 19.5 Å². The van der Waals surface area contributed by atoms with Gasteiger partial charge in [-0.3, -0.25) is 0 Å². The first-order chi connectivity index (χ1) is 11.7. The molecule has 0 bridgehead atoms. The van der Waals surface area contributed by atoms with Crippen molar-refractivity contribution in [3.05, 3.63) is 53.6 Å². The van der Waals surface area contributed by atoms with Crippen molar-refractivity contribution in [2.45, 2.75) is 18.2 Å².